The molecular weight excluding hydrogens is 310 g/mol. The lowest BCUT2D eigenvalue weighted by Crippen LogP contribution is -2.44. The van der Waals surface area contributed by atoms with E-state index in [0.717, 1.165) is 29.9 Å². The lowest BCUT2D eigenvalue weighted by molar-refractivity contribution is -0.00504. The van der Waals surface area contributed by atoms with Crippen LogP contribution in [0.15, 0.2) is 11.6 Å². The molecule has 3 heterocycles. The Bertz CT molecular complexity index is 721. The number of rotatable bonds is 2. The number of ether oxygens (including phenoxy) is 1. The highest BCUT2D eigenvalue weighted by molar-refractivity contribution is 7.10. The minimum absolute atomic E-state index is 0.121. The maximum absolute atomic E-state index is 13.2. The van der Waals surface area contributed by atoms with Crippen LogP contribution in [0, 0.1) is 6.92 Å². The standard InChI is InChI=1S/C17H21N3O2S/c1-11-8-18-16(19-11)14-9-22-7-6-20(14)17(21)13-10-23-15-5-3-2-4-12(13)15/h8,10,14H,2-7,9H2,1H3,(H,18,19)/t14-/m1/s1. The SMILES string of the molecule is Cc1cnc([C@H]2COCCN2C(=O)c2csc3c2CCCC3)[nH]1. The van der Waals surface area contributed by atoms with E-state index in [1.54, 1.807) is 17.5 Å². The van der Waals surface area contributed by atoms with Gasteiger partial charge in [-0.2, -0.15) is 0 Å². The first-order valence-corrected chi connectivity index (χ1v) is 9.11. The van der Waals surface area contributed by atoms with E-state index in [0.29, 0.717) is 19.8 Å². The summed E-state index contributed by atoms with van der Waals surface area (Å²) in [4.78, 5) is 24.2. The Balaban J connectivity index is 1.64. The van der Waals surface area contributed by atoms with E-state index in [1.807, 2.05) is 11.8 Å². The van der Waals surface area contributed by atoms with Gasteiger partial charge in [0, 0.05) is 28.7 Å². The van der Waals surface area contributed by atoms with Crippen LogP contribution < -0.4 is 0 Å². The monoisotopic (exact) mass is 331 g/mol. The molecule has 1 N–H and O–H groups in total. The van der Waals surface area contributed by atoms with Crippen LogP contribution in [0.3, 0.4) is 0 Å². The smallest absolute Gasteiger partial charge is 0.255 e. The second kappa shape index (κ2) is 6.09. The van der Waals surface area contributed by atoms with Gasteiger partial charge >= 0.3 is 0 Å². The third-order valence-corrected chi connectivity index (χ3v) is 5.81. The highest BCUT2D eigenvalue weighted by atomic mass is 32.1. The molecule has 6 heteroatoms. The van der Waals surface area contributed by atoms with E-state index in [4.69, 9.17) is 4.74 Å². The zero-order valence-corrected chi connectivity index (χ0v) is 14.1. The summed E-state index contributed by atoms with van der Waals surface area (Å²) in [6.07, 6.45) is 6.39. The molecule has 0 unspecified atom stereocenters. The van der Waals surface area contributed by atoms with Crippen molar-refractivity contribution in [2.24, 2.45) is 0 Å². The quantitative estimate of drug-likeness (QED) is 0.920. The summed E-state index contributed by atoms with van der Waals surface area (Å²) in [5, 5.41) is 2.05. The molecule has 5 nitrogen and oxygen atoms in total. The number of morpholine rings is 1. The van der Waals surface area contributed by atoms with Crippen LogP contribution in [-0.4, -0.2) is 40.5 Å². The molecule has 1 saturated heterocycles. The van der Waals surface area contributed by atoms with Gasteiger partial charge in [0.2, 0.25) is 0 Å². The van der Waals surface area contributed by atoms with Crippen molar-refractivity contribution in [1.82, 2.24) is 14.9 Å². The molecule has 0 saturated carbocycles. The number of fused-ring (bicyclic) bond motifs is 1. The average Bonchev–Trinajstić information content (AvgIpc) is 3.20. The second-order valence-electron chi connectivity index (χ2n) is 6.30. The summed E-state index contributed by atoms with van der Waals surface area (Å²) < 4.78 is 5.60. The van der Waals surface area contributed by atoms with Crippen molar-refractivity contribution in [1.29, 1.82) is 0 Å². The van der Waals surface area contributed by atoms with Crippen LogP contribution >= 0.6 is 11.3 Å². The molecule has 1 aliphatic heterocycles. The minimum Gasteiger partial charge on any atom is -0.377 e. The number of hydrogen-bond donors (Lipinski definition) is 1. The van der Waals surface area contributed by atoms with Crippen molar-refractivity contribution < 1.29 is 9.53 Å². The average molecular weight is 331 g/mol. The van der Waals surface area contributed by atoms with Crippen molar-refractivity contribution in [3.8, 4) is 0 Å². The van der Waals surface area contributed by atoms with E-state index >= 15 is 0 Å². The molecule has 2 aliphatic rings. The number of nitrogens with one attached hydrogen (secondary N) is 1. The van der Waals surface area contributed by atoms with E-state index in [-0.39, 0.29) is 11.9 Å². The van der Waals surface area contributed by atoms with Gasteiger partial charge in [-0.05, 0) is 38.2 Å². The number of thiophene rings is 1. The van der Waals surface area contributed by atoms with Gasteiger partial charge in [-0.15, -0.1) is 11.3 Å². The number of aryl methyl sites for hydroxylation is 2. The van der Waals surface area contributed by atoms with Gasteiger partial charge in [-0.1, -0.05) is 0 Å². The van der Waals surface area contributed by atoms with Gasteiger partial charge in [-0.3, -0.25) is 4.79 Å². The van der Waals surface area contributed by atoms with Gasteiger partial charge < -0.3 is 14.6 Å². The molecule has 0 radical (unpaired) electrons. The first kappa shape index (κ1) is 14.9. The fourth-order valence-electron chi connectivity index (χ4n) is 3.50. The number of hydrogen-bond acceptors (Lipinski definition) is 4. The van der Waals surface area contributed by atoms with E-state index < -0.39 is 0 Å². The minimum atomic E-state index is -0.121. The van der Waals surface area contributed by atoms with Gasteiger partial charge in [0.1, 0.15) is 11.9 Å². The Hall–Kier alpha value is -1.66. The number of carbonyl (C=O) groups excluding carboxylic acids is 1. The molecule has 2 aromatic rings. The first-order chi connectivity index (χ1) is 11.2. The normalized spacial score (nSPS) is 21.3. The number of amides is 1. The lowest BCUT2D eigenvalue weighted by atomic mass is 9.95. The Morgan fingerprint density at radius 2 is 2.30 bits per heavy atom. The second-order valence-corrected chi connectivity index (χ2v) is 7.26. The van der Waals surface area contributed by atoms with E-state index in [1.165, 1.54) is 23.3 Å². The first-order valence-electron chi connectivity index (χ1n) is 8.23. The molecule has 0 bridgehead atoms. The Labute approximate surface area is 139 Å². The van der Waals surface area contributed by atoms with Crippen molar-refractivity contribution in [2.75, 3.05) is 19.8 Å². The molecule has 23 heavy (non-hydrogen) atoms. The van der Waals surface area contributed by atoms with Crippen LogP contribution in [0.1, 0.15) is 51.2 Å². The van der Waals surface area contributed by atoms with Crippen LogP contribution in [0.25, 0.3) is 0 Å². The van der Waals surface area contributed by atoms with Crippen LogP contribution in [0.2, 0.25) is 0 Å². The number of aromatic nitrogens is 2. The molecule has 0 spiro atoms. The van der Waals surface area contributed by atoms with Gasteiger partial charge in [0.15, 0.2) is 0 Å². The predicted molar refractivity (Wildman–Crippen MR) is 88.9 cm³/mol. The van der Waals surface area contributed by atoms with Crippen molar-refractivity contribution in [3.63, 3.8) is 0 Å². The molecule has 1 fully saturated rings. The van der Waals surface area contributed by atoms with Crippen molar-refractivity contribution >= 4 is 17.2 Å². The molecule has 1 atom stereocenters. The summed E-state index contributed by atoms with van der Waals surface area (Å²) in [6.45, 7) is 3.69. The molecule has 2 aromatic heterocycles. The third-order valence-electron chi connectivity index (χ3n) is 4.72. The fourth-order valence-corrected chi connectivity index (χ4v) is 4.62. The summed E-state index contributed by atoms with van der Waals surface area (Å²) in [6, 6.07) is -0.121. The third kappa shape index (κ3) is 2.70. The zero-order valence-electron chi connectivity index (χ0n) is 13.3. The number of imidazole rings is 1. The Kier molecular flexibility index (Phi) is 3.95. The van der Waals surface area contributed by atoms with Crippen LogP contribution in [-0.2, 0) is 17.6 Å². The highest BCUT2D eigenvalue weighted by Crippen LogP contribution is 2.33. The van der Waals surface area contributed by atoms with Gasteiger partial charge in [0.25, 0.3) is 5.91 Å². The van der Waals surface area contributed by atoms with E-state index in [9.17, 15) is 4.79 Å². The van der Waals surface area contributed by atoms with Crippen molar-refractivity contribution in [2.45, 2.75) is 38.6 Å². The summed E-state index contributed by atoms with van der Waals surface area (Å²) in [5.41, 5.74) is 3.19. The summed E-state index contributed by atoms with van der Waals surface area (Å²) in [5.74, 6) is 0.950. The van der Waals surface area contributed by atoms with Crippen LogP contribution in [0.5, 0.6) is 0 Å². The number of carbonyl (C=O) groups is 1. The zero-order chi connectivity index (χ0) is 15.8. The molecule has 122 valence electrons. The molecule has 1 aliphatic carbocycles. The van der Waals surface area contributed by atoms with Crippen molar-refractivity contribution in [3.05, 3.63) is 39.1 Å². The number of nitrogens with zero attached hydrogens (tertiary/aromatic N) is 2. The van der Waals surface area contributed by atoms with Gasteiger partial charge in [-0.25, -0.2) is 4.98 Å². The summed E-state index contributed by atoms with van der Waals surface area (Å²) in [7, 11) is 0. The molecule has 1 amide bonds. The largest absolute Gasteiger partial charge is 0.377 e. The molecule has 0 aromatic carbocycles. The van der Waals surface area contributed by atoms with Gasteiger partial charge in [0.05, 0.1) is 18.8 Å². The molecule has 4 rings (SSSR count). The number of aromatic amines is 1. The topological polar surface area (TPSA) is 58.2 Å². The van der Waals surface area contributed by atoms with Crippen LogP contribution in [0.4, 0.5) is 0 Å². The maximum atomic E-state index is 13.2. The maximum Gasteiger partial charge on any atom is 0.255 e. The Morgan fingerprint density at radius 3 is 3.13 bits per heavy atom. The number of H-pyrrole nitrogens is 1. The predicted octanol–water partition coefficient (Wildman–Crippen LogP) is 2.87. The summed E-state index contributed by atoms with van der Waals surface area (Å²) >= 11 is 1.74. The lowest BCUT2D eigenvalue weighted by Gasteiger charge is -2.34. The molecular formula is C17H21N3O2S. The fraction of sp³-hybridized carbons (Fsp3) is 0.529. The van der Waals surface area contributed by atoms with E-state index in [2.05, 4.69) is 15.3 Å². The Morgan fingerprint density at radius 1 is 1.43 bits per heavy atom. The highest BCUT2D eigenvalue weighted by Gasteiger charge is 2.33.